The Balaban J connectivity index is 1.71. The van der Waals surface area contributed by atoms with E-state index in [1.54, 1.807) is 4.68 Å². The van der Waals surface area contributed by atoms with E-state index in [1.165, 1.54) is 6.42 Å². The number of benzene rings is 1. The molecule has 1 saturated heterocycles. The number of carbonyl (C=O) groups excluding carboxylic acids is 1. The highest BCUT2D eigenvalue weighted by Gasteiger charge is 2.34. The fourth-order valence-corrected chi connectivity index (χ4v) is 3.57. The van der Waals surface area contributed by atoms with Crippen LogP contribution in [0, 0.1) is 0 Å². The van der Waals surface area contributed by atoms with Gasteiger partial charge in [-0.2, -0.15) is 0 Å². The Morgan fingerprint density at radius 3 is 2.71 bits per heavy atom. The van der Waals surface area contributed by atoms with Gasteiger partial charge in [-0.3, -0.25) is 4.79 Å². The number of rotatable bonds is 3. The predicted octanol–water partition coefficient (Wildman–Crippen LogP) is 3.81. The van der Waals surface area contributed by atoms with Crippen LogP contribution < -0.4 is 0 Å². The van der Waals surface area contributed by atoms with Gasteiger partial charge in [0.15, 0.2) is 0 Å². The second-order valence-electron chi connectivity index (χ2n) is 6.77. The van der Waals surface area contributed by atoms with Crippen LogP contribution in [0.2, 0.25) is 5.02 Å². The van der Waals surface area contributed by atoms with Crippen molar-refractivity contribution in [3.8, 4) is 5.69 Å². The largest absolute Gasteiger partial charge is 0.333 e. The maximum Gasteiger partial charge on any atom is 0.293 e. The summed E-state index contributed by atoms with van der Waals surface area (Å²) in [5.41, 5.74) is 0.791. The molecule has 2 aliphatic rings. The molecule has 1 atom stereocenters. The maximum atomic E-state index is 12.9. The van der Waals surface area contributed by atoms with E-state index < -0.39 is 0 Å². The zero-order chi connectivity index (χ0) is 16.7. The number of hydrogen-bond acceptors (Lipinski definition) is 3. The summed E-state index contributed by atoms with van der Waals surface area (Å²) in [5, 5.41) is 5.16. The van der Waals surface area contributed by atoms with Crippen LogP contribution in [-0.4, -0.2) is 38.2 Å². The van der Waals surface area contributed by atoms with E-state index in [0.717, 1.165) is 43.7 Å². The van der Waals surface area contributed by atoms with E-state index in [9.17, 15) is 4.79 Å². The molecule has 2 heterocycles. The van der Waals surface area contributed by atoms with Crippen LogP contribution in [0.25, 0.3) is 5.69 Å². The molecule has 4 rings (SSSR count). The third-order valence-corrected chi connectivity index (χ3v) is 5.23. The number of halogens is 1. The van der Waals surface area contributed by atoms with Crippen molar-refractivity contribution < 1.29 is 4.79 Å². The Morgan fingerprint density at radius 2 is 2.00 bits per heavy atom. The van der Waals surface area contributed by atoms with Gasteiger partial charge in [-0.05, 0) is 51.2 Å². The van der Waals surface area contributed by atoms with Crippen LogP contribution in [0.3, 0.4) is 0 Å². The molecule has 1 amide bonds. The minimum Gasteiger partial charge on any atom is -0.333 e. The Hall–Kier alpha value is -1.88. The van der Waals surface area contributed by atoms with Gasteiger partial charge in [0.2, 0.25) is 5.82 Å². The molecule has 0 N–H and O–H groups in total. The van der Waals surface area contributed by atoms with Crippen molar-refractivity contribution in [2.45, 2.75) is 51.0 Å². The van der Waals surface area contributed by atoms with E-state index in [2.05, 4.69) is 17.0 Å². The number of nitrogens with zero attached hydrogens (tertiary/aromatic N) is 4. The van der Waals surface area contributed by atoms with Crippen molar-refractivity contribution in [2.75, 3.05) is 6.54 Å². The molecule has 1 aliphatic carbocycles. The van der Waals surface area contributed by atoms with Crippen LogP contribution in [0.5, 0.6) is 0 Å². The molecule has 24 heavy (non-hydrogen) atoms. The highest BCUT2D eigenvalue weighted by atomic mass is 35.5. The maximum absolute atomic E-state index is 12.9. The Kier molecular flexibility index (Phi) is 4.04. The minimum atomic E-state index is -0.0603. The quantitative estimate of drug-likeness (QED) is 0.850. The van der Waals surface area contributed by atoms with Crippen molar-refractivity contribution >= 4 is 17.5 Å². The Labute approximate surface area is 146 Å². The summed E-state index contributed by atoms with van der Waals surface area (Å²) in [5.74, 6) is 1.48. The van der Waals surface area contributed by atoms with Crippen LogP contribution in [0.4, 0.5) is 0 Å². The molecule has 0 bridgehead atoms. The molecule has 0 unspecified atom stereocenters. The molecule has 0 spiro atoms. The van der Waals surface area contributed by atoms with Crippen molar-refractivity contribution in [1.82, 2.24) is 19.7 Å². The van der Waals surface area contributed by atoms with E-state index in [4.69, 9.17) is 11.6 Å². The van der Waals surface area contributed by atoms with Crippen molar-refractivity contribution in [3.05, 3.63) is 40.9 Å². The van der Waals surface area contributed by atoms with Gasteiger partial charge in [-0.25, -0.2) is 9.67 Å². The average Bonchev–Trinajstić information content (AvgIpc) is 3.34. The minimum absolute atomic E-state index is 0.0603. The molecule has 2 fully saturated rings. The molecule has 1 saturated carbocycles. The molecule has 2 aromatic rings. The number of carbonyl (C=O) groups is 1. The first-order valence-electron chi connectivity index (χ1n) is 8.68. The number of amides is 1. The fourth-order valence-electron chi connectivity index (χ4n) is 3.35. The molecule has 6 heteroatoms. The molecule has 1 aromatic heterocycles. The summed E-state index contributed by atoms with van der Waals surface area (Å²) in [4.78, 5) is 19.4. The van der Waals surface area contributed by atoms with Crippen molar-refractivity contribution in [3.63, 3.8) is 0 Å². The molecule has 1 aromatic carbocycles. The zero-order valence-corrected chi connectivity index (χ0v) is 14.5. The lowest BCUT2D eigenvalue weighted by atomic mass is 10.0. The molecule has 0 radical (unpaired) electrons. The third-order valence-electron chi connectivity index (χ3n) is 4.91. The van der Waals surface area contributed by atoms with Crippen LogP contribution >= 0.6 is 11.6 Å². The monoisotopic (exact) mass is 344 g/mol. The van der Waals surface area contributed by atoms with Crippen molar-refractivity contribution in [1.29, 1.82) is 0 Å². The van der Waals surface area contributed by atoms with Crippen LogP contribution in [0.15, 0.2) is 24.3 Å². The lowest BCUT2D eigenvalue weighted by Gasteiger charge is -2.32. The van der Waals surface area contributed by atoms with E-state index >= 15 is 0 Å². The van der Waals surface area contributed by atoms with Gasteiger partial charge in [0, 0.05) is 18.5 Å². The highest BCUT2D eigenvalue weighted by Crippen LogP contribution is 2.40. The molecule has 126 valence electrons. The van der Waals surface area contributed by atoms with Gasteiger partial charge in [0.25, 0.3) is 5.91 Å². The summed E-state index contributed by atoms with van der Waals surface area (Å²) in [6.07, 6.45) is 5.47. The van der Waals surface area contributed by atoms with E-state index in [-0.39, 0.29) is 11.9 Å². The lowest BCUT2D eigenvalue weighted by Crippen LogP contribution is -2.42. The van der Waals surface area contributed by atoms with Gasteiger partial charge in [0.1, 0.15) is 5.82 Å². The smallest absolute Gasteiger partial charge is 0.293 e. The van der Waals surface area contributed by atoms with Gasteiger partial charge in [0.05, 0.1) is 10.7 Å². The lowest BCUT2D eigenvalue weighted by molar-refractivity contribution is 0.0623. The summed E-state index contributed by atoms with van der Waals surface area (Å²) in [7, 11) is 0. The Bertz CT molecular complexity index is 768. The average molecular weight is 345 g/mol. The number of aromatic nitrogens is 3. The fraction of sp³-hybridized carbons (Fsp3) is 0.500. The van der Waals surface area contributed by atoms with Gasteiger partial charge >= 0.3 is 0 Å². The normalized spacial score (nSPS) is 21.1. The molecule has 5 nitrogen and oxygen atoms in total. The zero-order valence-electron chi connectivity index (χ0n) is 13.8. The SMILES string of the molecule is C[C@@H]1CCCCN1C(=O)c1nc(C2CC2)n(-c2ccccc2Cl)n1. The van der Waals surface area contributed by atoms with Crippen LogP contribution in [0.1, 0.15) is 61.4 Å². The summed E-state index contributed by atoms with van der Waals surface area (Å²) in [6.45, 7) is 2.89. The number of para-hydroxylation sites is 1. The van der Waals surface area contributed by atoms with Crippen LogP contribution in [-0.2, 0) is 0 Å². The first kappa shape index (κ1) is 15.6. The standard InChI is InChI=1S/C18H21ClN4O/c1-12-6-4-5-11-22(12)18(24)16-20-17(13-9-10-13)23(21-16)15-8-3-2-7-14(15)19/h2-3,7-8,12-13H,4-6,9-11H2,1H3/t12-/m1/s1. The second kappa shape index (κ2) is 6.20. The number of likely N-dealkylation sites (tertiary alicyclic amines) is 1. The topological polar surface area (TPSA) is 51.0 Å². The number of hydrogen-bond donors (Lipinski definition) is 0. The van der Waals surface area contributed by atoms with Gasteiger partial charge in [-0.1, -0.05) is 23.7 Å². The molecular weight excluding hydrogens is 324 g/mol. The number of piperidine rings is 1. The predicted molar refractivity (Wildman–Crippen MR) is 92.7 cm³/mol. The second-order valence-corrected chi connectivity index (χ2v) is 7.18. The Morgan fingerprint density at radius 1 is 1.21 bits per heavy atom. The highest BCUT2D eigenvalue weighted by molar-refractivity contribution is 6.32. The summed E-state index contributed by atoms with van der Waals surface area (Å²) >= 11 is 6.33. The first-order valence-corrected chi connectivity index (χ1v) is 9.06. The van der Waals surface area contributed by atoms with E-state index in [1.807, 2.05) is 29.2 Å². The van der Waals surface area contributed by atoms with E-state index in [0.29, 0.717) is 16.8 Å². The third kappa shape index (κ3) is 2.81. The van der Waals surface area contributed by atoms with Gasteiger partial charge in [-0.15, -0.1) is 5.10 Å². The first-order chi connectivity index (χ1) is 11.6. The summed E-state index contributed by atoms with van der Waals surface area (Å²) in [6, 6.07) is 7.82. The van der Waals surface area contributed by atoms with Crippen molar-refractivity contribution in [2.24, 2.45) is 0 Å². The summed E-state index contributed by atoms with van der Waals surface area (Å²) < 4.78 is 1.77. The molecular formula is C18H21ClN4O. The molecule has 1 aliphatic heterocycles. The van der Waals surface area contributed by atoms with Gasteiger partial charge < -0.3 is 4.90 Å².